The van der Waals surface area contributed by atoms with Gasteiger partial charge >= 0.3 is 0 Å². The van der Waals surface area contributed by atoms with E-state index in [2.05, 4.69) is 38.2 Å². The van der Waals surface area contributed by atoms with Gasteiger partial charge in [-0.15, -0.1) is 0 Å². The van der Waals surface area contributed by atoms with Crippen molar-refractivity contribution in [3.8, 4) is 0 Å². The highest BCUT2D eigenvalue weighted by atomic mass is 16.2. The topological polar surface area (TPSA) is 49.4 Å². The number of rotatable bonds is 6. The molecule has 0 aromatic heterocycles. The molecular weight excluding hydrogens is 300 g/mol. The van der Waals surface area contributed by atoms with Crippen LogP contribution in [0.4, 0.5) is 0 Å². The zero-order valence-corrected chi connectivity index (χ0v) is 15.3. The minimum Gasteiger partial charge on any atom is -0.356 e. The summed E-state index contributed by atoms with van der Waals surface area (Å²) in [6, 6.07) is 8.20. The maximum absolute atomic E-state index is 12.7. The molecule has 0 bridgehead atoms. The third-order valence-electron chi connectivity index (χ3n) is 4.92. The molecule has 1 N–H and O–H groups in total. The molecule has 4 heteroatoms. The predicted octanol–water partition coefficient (Wildman–Crippen LogP) is 3.11. The lowest BCUT2D eigenvalue weighted by atomic mass is 9.86. The van der Waals surface area contributed by atoms with Crippen molar-refractivity contribution in [1.29, 1.82) is 0 Å². The highest BCUT2D eigenvalue weighted by Crippen LogP contribution is 2.34. The average Bonchev–Trinajstić information content (AvgIpc) is 2.99. The lowest BCUT2D eigenvalue weighted by Crippen LogP contribution is -2.36. The molecule has 2 rings (SSSR count). The van der Waals surface area contributed by atoms with Crippen molar-refractivity contribution in [3.05, 3.63) is 35.4 Å². The van der Waals surface area contributed by atoms with Gasteiger partial charge in [-0.2, -0.15) is 0 Å². The molecule has 0 saturated carbocycles. The van der Waals surface area contributed by atoms with Gasteiger partial charge in [0, 0.05) is 32.0 Å². The van der Waals surface area contributed by atoms with Crippen LogP contribution in [0.3, 0.4) is 0 Å². The fourth-order valence-electron chi connectivity index (χ4n) is 3.43. The fourth-order valence-corrected chi connectivity index (χ4v) is 3.43. The van der Waals surface area contributed by atoms with Gasteiger partial charge in [-0.05, 0) is 30.4 Å². The molecule has 132 valence electrons. The summed E-state index contributed by atoms with van der Waals surface area (Å²) in [6.07, 6.45) is 1.47. The van der Waals surface area contributed by atoms with Crippen LogP contribution in [0.5, 0.6) is 0 Å². The Morgan fingerprint density at radius 1 is 1.25 bits per heavy atom. The van der Waals surface area contributed by atoms with Crippen molar-refractivity contribution in [3.63, 3.8) is 0 Å². The Morgan fingerprint density at radius 2 is 1.96 bits per heavy atom. The van der Waals surface area contributed by atoms with Gasteiger partial charge in [0.1, 0.15) is 0 Å². The first-order valence-corrected chi connectivity index (χ1v) is 9.05. The molecule has 24 heavy (non-hydrogen) atoms. The Bertz CT molecular complexity index is 583. The molecule has 1 fully saturated rings. The zero-order valence-electron chi connectivity index (χ0n) is 15.3. The number of hydrogen-bond donors (Lipinski definition) is 1. The molecule has 2 atom stereocenters. The summed E-state index contributed by atoms with van der Waals surface area (Å²) in [5, 5.41) is 3.08. The van der Waals surface area contributed by atoms with Gasteiger partial charge in [0.05, 0.1) is 5.92 Å². The standard InChI is InChI=1S/C20H30N2O2/c1-5-19(23)22-12-17(16-9-7-6-8-15(16)4)18(13-22)20(24)21-11-10-14(2)3/h6-9,14,17-18H,5,10-13H2,1-4H3,(H,21,24). The van der Waals surface area contributed by atoms with Crippen LogP contribution in [0.25, 0.3) is 0 Å². The molecule has 0 spiro atoms. The number of nitrogens with zero attached hydrogens (tertiary/aromatic N) is 1. The third kappa shape index (κ3) is 4.37. The number of amides is 2. The normalized spacial score (nSPS) is 20.5. The van der Waals surface area contributed by atoms with Gasteiger partial charge in [-0.25, -0.2) is 0 Å². The van der Waals surface area contributed by atoms with E-state index >= 15 is 0 Å². The minimum atomic E-state index is -0.159. The first-order chi connectivity index (χ1) is 11.4. The van der Waals surface area contributed by atoms with Crippen LogP contribution in [0.1, 0.15) is 50.7 Å². The van der Waals surface area contributed by atoms with Crippen molar-refractivity contribution in [1.82, 2.24) is 10.2 Å². The summed E-state index contributed by atoms with van der Waals surface area (Å²) in [5.74, 6) is 0.704. The maximum atomic E-state index is 12.7. The van der Waals surface area contributed by atoms with Gasteiger partial charge in [0.15, 0.2) is 0 Å². The summed E-state index contributed by atoms with van der Waals surface area (Å²) in [6.45, 7) is 10.1. The van der Waals surface area contributed by atoms with Crippen molar-refractivity contribution in [2.45, 2.75) is 46.5 Å². The second-order valence-corrected chi connectivity index (χ2v) is 7.20. The molecule has 4 nitrogen and oxygen atoms in total. The number of likely N-dealkylation sites (tertiary alicyclic amines) is 1. The maximum Gasteiger partial charge on any atom is 0.225 e. The number of nitrogens with one attached hydrogen (secondary N) is 1. The van der Waals surface area contributed by atoms with E-state index < -0.39 is 0 Å². The van der Waals surface area contributed by atoms with Crippen LogP contribution in [-0.4, -0.2) is 36.3 Å². The van der Waals surface area contributed by atoms with E-state index in [1.54, 1.807) is 0 Å². The number of aryl methyl sites for hydroxylation is 1. The molecule has 1 aromatic rings. The van der Waals surface area contributed by atoms with E-state index in [9.17, 15) is 9.59 Å². The van der Waals surface area contributed by atoms with Gasteiger partial charge in [-0.3, -0.25) is 9.59 Å². The third-order valence-corrected chi connectivity index (χ3v) is 4.92. The Labute approximate surface area is 145 Å². The number of carbonyl (C=O) groups excluding carboxylic acids is 2. The highest BCUT2D eigenvalue weighted by Gasteiger charge is 2.40. The summed E-state index contributed by atoms with van der Waals surface area (Å²) < 4.78 is 0. The quantitative estimate of drug-likeness (QED) is 0.871. The van der Waals surface area contributed by atoms with Crippen LogP contribution >= 0.6 is 0 Å². The second-order valence-electron chi connectivity index (χ2n) is 7.20. The van der Waals surface area contributed by atoms with E-state index in [0.717, 1.165) is 6.42 Å². The van der Waals surface area contributed by atoms with Crippen LogP contribution in [0.2, 0.25) is 0 Å². The Balaban J connectivity index is 2.16. The van der Waals surface area contributed by atoms with Gasteiger partial charge < -0.3 is 10.2 Å². The molecule has 1 saturated heterocycles. The van der Waals surface area contributed by atoms with Crippen LogP contribution < -0.4 is 5.32 Å². The van der Waals surface area contributed by atoms with Gasteiger partial charge in [0.2, 0.25) is 11.8 Å². The monoisotopic (exact) mass is 330 g/mol. The van der Waals surface area contributed by atoms with E-state index in [1.165, 1.54) is 11.1 Å². The van der Waals surface area contributed by atoms with Crippen molar-refractivity contribution in [2.24, 2.45) is 11.8 Å². The van der Waals surface area contributed by atoms with E-state index in [-0.39, 0.29) is 23.7 Å². The van der Waals surface area contributed by atoms with E-state index in [4.69, 9.17) is 0 Å². The number of hydrogen-bond acceptors (Lipinski definition) is 2. The summed E-state index contributed by atoms with van der Waals surface area (Å²) in [5.41, 5.74) is 2.38. The largest absolute Gasteiger partial charge is 0.356 e. The molecule has 2 amide bonds. The molecule has 0 radical (unpaired) electrons. The second kappa shape index (κ2) is 8.32. The van der Waals surface area contributed by atoms with Gasteiger partial charge in [-0.1, -0.05) is 45.0 Å². The molecule has 1 heterocycles. The summed E-state index contributed by atoms with van der Waals surface area (Å²) >= 11 is 0. The van der Waals surface area contributed by atoms with Crippen LogP contribution in [0, 0.1) is 18.8 Å². The Kier molecular flexibility index (Phi) is 6.41. The Hall–Kier alpha value is -1.84. The number of carbonyl (C=O) groups is 2. The van der Waals surface area contributed by atoms with Crippen molar-refractivity contribution >= 4 is 11.8 Å². The van der Waals surface area contributed by atoms with Crippen molar-refractivity contribution in [2.75, 3.05) is 19.6 Å². The molecule has 1 aliphatic rings. The van der Waals surface area contributed by atoms with E-state index in [1.807, 2.05) is 24.0 Å². The molecule has 1 aromatic carbocycles. The highest BCUT2D eigenvalue weighted by molar-refractivity contribution is 5.83. The van der Waals surface area contributed by atoms with Crippen LogP contribution in [-0.2, 0) is 9.59 Å². The lowest BCUT2D eigenvalue weighted by Gasteiger charge is -2.20. The number of benzene rings is 1. The lowest BCUT2D eigenvalue weighted by molar-refractivity contribution is -0.130. The molecule has 2 unspecified atom stereocenters. The summed E-state index contributed by atoms with van der Waals surface area (Å²) in [4.78, 5) is 26.7. The van der Waals surface area contributed by atoms with Crippen molar-refractivity contribution < 1.29 is 9.59 Å². The summed E-state index contributed by atoms with van der Waals surface area (Å²) in [7, 11) is 0. The minimum absolute atomic E-state index is 0.0790. The molecular formula is C20H30N2O2. The smallest absolute Gasteiger partial charge is 0.225 e. The Morgan fingerprint density at radius 3 is 2.58 bits per heavy atom. The zero-order chi connectivity index (χ0) is 17.7. The molecule has 1 aliphatic heterocycles. The SMILES string of the molecule is CCC(=O)N1CC(C(=O)NCCC(C)C)C(c2ccccc2C)C1. The predicted molar refractivity (Wildman–Crippen MR) is 96.7 cm³/mol. The fraction of sp³-hybridized carbons (Fsp3) is 0.600. The van der Waals surface area contributed by atoms with Gasteiger partial charge in [0.25, 0.3) is 0 Å². The first-order valence-electron chi connectivity index (χ1n) is 9.05. The molecule has 0 aliphatic carbocycles. The first kappa shape index (κ1) is 18.5. The van der Waals surface area contributed by atoms with Crippen LogP contribution in [0.15, 0.2) is 24.3 Å². The average molecular weight is 330 g/mol. The van der Waals surface area contributed by atoms with E-state index in [0.29, 0.717) is 32.0 Å².